The first kappa shape index (κ1) is 14.8. The van der Waals surface area contributed by atoms with Crippen LogP contribution in [0, 0.1) is 5.92 Å². The normalized spacial score (nSPS) is 26.6. The summed E-state index contributed by atoms with van der Waals surface area (Å²) in [6.07, 6.45) is -1.22. The fourth-order valence-electron chi connectivity index (χ4n) is 2.37. The summed E-state index contributed by atoms with van der Waals surface area (Å²) < 4.78 is 28.6. The van der Waals surface area contributed by atoms with E-state index < -0.39 is 13.0 Å². The monoisotopic (exact) mass is 250 g/mol. The number of piperidine rings is 1. The number of hydrogen-bond donors (Lipinski definition) is 1. The lowest BCUT2D eigenvalue weighted by Crippen LogP contribution is -2.48. The van der Waals surface area contributed by atoms with Crippen LogP contribution in [0.4, 0.5) is 8.78 Å². The van der Waals surface area contributed by atoms with Crippen LogP contribution in [0.1, 0.15) is 20.3 Å². The van der Waals surface area contributed by atoms with E-state index in [9.17, 15) is 8.78 Å². The molecule has 0 aromatic rings. The highest BCUT2D eigenvalue weighted by atomic mass is 19.3. The van der Waals surface area contributed by atoms with Gasteiger partial charge in [-0.2, -0.15) is 0 Å². The Hall–Kier alpha value is -0.260. The van der Waals surface area contributed by atoms with Gasteiger partial charge in [-0.05, 0) is 25.4 Å². The molecule has 5 heteroatoms. The van der Waals surface area contributed by atoms with Gasteiger partial charge in [0.15, 0.2) is 0 Å². The molecule has 1 aliphatic rings. The Balaban J connectivity index is 2.12. The zero-order valence-corrected chi connectivity index (χ0v) is 10.8. The highest BCUT2D eigenvalue weighted by Gasteiger charge is 2.24. The average molecular weight is 250 g/mol. The Morgan fingerprint density at radius 2 is 2.24 bits per heavy atom. The van der Waals surface area contributed by atoms with Crippen LogP contribution in [0.25, 0.3) is 0 Å². The van der Waals surface area contributed by atoms with Crippen molar-refractivity contribution in [3.63, 3.8) is 0 Å². The molecule has 2 unspecified atom stereocenters. The molecular weight excluding hydrogens is 226 g/mol. The number of halogens is 2. The highest BCUT2D eigenvalue weighted by Crippen LogP contribution is 2.16. The van der Waals surface area contributed by atoms with Crippen molar-refractivity contribution in [2.45, 2.75) is 32.7 Å². The third-order valence-corrected chi connectivity index (χ3v) is 3.25. The first-order valence-electron chi connectivity index (χ1n) is 6.45. The molecule has 0 bridgehead atoms. The van der Waals surface area contributed by atoms with Crippen molar-refractivity contribution in [1.29, 1.82) is 0 Å². The van der Waals surface area contributed by atoms with Crippen LogP contribution in [-0.4, -0.2) is 56.8 Å². The summed E-state index contributed by atoms with van der Waals surface area (Å²) in [6, 6.07) is 0.596. The standard InChI is InChI=1S/C12H24F2N2O/c1-3-15-11-4-5-16(8-10(11)2)6-7-17-9-12(13)14/h10-12,15H,3-9H2,1-2H3. The number of alkyl halides is 2. The minimum absolute atomic E-state index is 0.406. The molecule has 102 valence electrons. The molecule has 17 heavy (non-hydrogen) atoms. The van der Waals surface area contributed by atoms with Crippen LogP contribution >= 0.6 is 0 Å². The maximum atomic E-state index is 11.9. The van der Waals surface area contributed by atoms with Gasteiger partial charge in [0.25, 0.3) is 6.43 Å². The number of nitrogens with zero attached hydrogens (tertiary/aromatic N) is 1. The zero-order chi connectivity index (χ0) is 12.7. The number of likely N-dealkylation sites (tertiary alicyclic amines) is 1. The first-order valence-corrected chi connectivity index (χ1v) is 6.45. The fourth-order valence-corrected chi connectivity index (χ4v) is 2.37. The van der Waals surface area contributed by atoms with Crippen LogP contribution in [0.15, 0.2) is 0 Å². The van der Waals surface area contributed by atoms with Gasteiger partial charge in [-0.15, -0.1) is 0 Å². The van der Waals surface area contributed by atoms with Gasteiger partial charge in [-0.3, -0.25) is 0 Å². The van der Waals surface area contributed by atoms with E-state index in [0.29, 0.717) is 18.6 Å². The van der Waals surface area contributed by atoms with Crippen molar-refractivity contribution in [2.24, 2.45) is 5.92 Å². The minimum Gasteiger partial charge on any atom is -0.374 e. The van der Waals surface area contributed by atoms with Crippen LogP contribution in [0.5, 0.6) is 0 Å². The van der Waals surface area contributed by atoms with Gasteiger partial charge in [0, 0.05) is 19.1 Å². The minimum atomic E-state index is -2.35. The molecule has 0 aromatic heterocycles. The molecule has 1 aliphatic heterocycles. The fraction of sp³-hybridized carbons (Fsp3) is 1.00. The molecule has 1 heterocycles. The molecule has 0 saturated carbocycles. The van der Waals surface area contributed by atoms with E-state index in [-0.39, 0.29) is 0 Å². The SMILES string of the molecule is CCNC1CCN(CCOCC(F)F)CC1C. The van der Waals surface area contributed by atoms with E-state index in [0.717, 1.165) is 32.6 Å². The second kappa shape index (κ2) is 7.95. The van der Waals surface area contributed by atoms with Crippen LogP contribution in [-0.2, 0) is 4.74 Å². The van der Waals surface area contributed by atoms with Gasteiger partial charge in [-0.25, -0.2) is 8.78 Å². The quantitative estimate of drug-likeness (QED) is 0.694. The van der Waals surface area contributed by atoms with Gasteiger partial charge in [0.1, 0.15) is 6.61 Å². The lowest BCUT2D eigenvalue weighted by molar-refractivity contribution is 0.00517. The third-order valence-electron chi connectivity index (χ3n) is 3.25. The highest BCUT2D eigenvalue weighted by molar-refractivity contribution is 4.82. The Labute approximate surface area is 103 Å². The molecule has 1 N–H and O–H groups in total. The van der Waals surface area contributed by atoms with Crippen molar-refractivity contribution in [1.82, 2.24) is 10.2 Å². The van der Waals surface area contributed by atoms with Crippen LogP contribution < -0.4 is 5.32 Å². The summed E-state index contributed by atoms with van der Waals surface area (Å²) >= 11 is 0. The molecule has 0 spiro atoms. The van der Waals surface area contributed by atoms with E-state index in [4.69, 9.17) is 4.74 Å². The molecule has 1 rings (SSSR count). The maximum Gasteiger partial charge on any atom is 0.261 e. The predicted octanol–water partition coefficient (Wildman–Crippen LogP) is 1.59. The summed E-state index contributed by atoms with van der Waals surface area (Å²) in [7, 11) is 0. The lowest BCUT2D eigenvalue weighted by atomic mass is 9.94. The van der Waals surface area contributed by atoms with E-state index in [1.165, 1.54) is 0 Å². The lowest BCUT2D eigenvalue weighted by Gasteiger charge is -2.37. The number of nitrogens with one attached hydrogen (secondary N) is 1. The second-order valence-electron chi connectivity index (χ2n) is 4.70. The first-order chi connectivity index (χ1) is 8.13. The van der Waals surface area contributed by atoms with E-state index in [1.807, 2.05) is 0 Å². The summed E-state index contributed by atoms with van der Waals surface area (Å²) in [4.78, 5) is 2.30. The molecule has 3 nitrogen and oxygen atoms in total. The molecule has 0 aliphatic carbocycles. The smallest absolute Gasteiger partial charge is 0.261 e. The van der Waals surface area contributed by atoms with Crippen LogP contribution in [0.2, 0.25) is 0 Å². The summed E-state index contributed by atoms with van der Waals surface area (Å²) in [5.74, 6) is 0.610. The molecule has 2 atom stereocenters. The van der Waals surface area contributed by atoms with Crippen molar-refractivity contribution in [2.75, 3.05) is 39.4 Å². The topological polar surface area (TPSA) is 24.5 Å². The molecule has 0 radical (unpaired) electrons. The molecular formula is C12H24F2N2O. The van der Waals surface area contributed by atoms with E-state index >= 15 is 0 Å². The van der Waals surface area contributed by atoms with Gasteiger partial charge < -0.3 is 15.0 Å². The summed E-state index contributed by atoms with van der Waals surface area (Å²) in [5, 5.41) is 3.48. The number of rotatable bonds is 7. The molecule has 1 fully saturated rings. The van der Waals surface area contributed by atoms with Gasteiger partial charge >= 0.3 is 0 Å². The maximum absolute atomic E-state index is 11.9. The van der Waals surface area contributed by atoms with E-state index in [2.05, 4.69) is 24.1 Å². The van der Waals surface area contributed by atoms with Gasteiger partial charge in [0.2, 0.25) is 0 Å². The Bertz CT molecular complexity index is 205. The van der Waals surface area contributed by atoms with Crippen molar-refractivity contribution < 1.29 is 13.5 Å². The third kappa shape index (κ3) is 5.75. The zero-order valence-electron chi connectivity index (χ0n) is 10.8. The number of ether oxygens (including phenoxy) is 1. The molecule has 0 aromatic carbocycles. The summed E-state index contributed by atoms with van der Waals surface area (Å²) in [5.41, 5.74) is 0. The van der Waals surface area contributed by atoms with Crippen molar-refractivity contribution in [3.05, 3.63) is 0 Å². The van der Waals surface area contributed by atoms with Gasteiger partial charge in [0.05, 0.1) is 6.61 Å². The Morgan fingerprint density at radius 3 is 2.82 bits per heavy atom. The Morgan fingerprint density at radius 1 is 1.47 bits per heavy atom. The predicted molar refractivity (Wildman–Crippen MR) is 64.5 cm³/mol. The second-order valence-corrected chi connectivity index (χ2v) is 4.70. The summed E-state index contributed by atoms with van der Waals surface area (Å²) in [6.45, 7) is 8.14. The Kier molecular flexibility index (Phi) is 6.92. The van der Waals surface area contributed by atoms with Crippen molar-refractivity contribution >= 4 is 0 Å². The number of hydrogen-bond acceptors (Lipinski definition) is 3. The largest absolute Gasteiger partial charge is 0.374 e. The van der Waals surface area contributed by atoms with Gasteiger partial charge in [-0.1, -0.05) is 13.8 Å². The molecule has 1 saturated heterocycles. The van der Waals surface area contributed by atoms with Crippen molar-refractivity contribution in [3.8, 4) is 0 Å². The average Bonchev–Trinajstić information content (AvgIpc) is 2.28. The van der Waals surface area contributed by atoms with Crippen LogP contribution in [0.3, 0.4) is 0 Å². The van der Waals surface area contributed by atoms with E-state index in [1.54, 1.807) is 0 Å². The molecule has 0 amide bonds.